The monoisotopic (exact) mass is 263 g/mol. The van der Waals surface area contributed by atoms with Crippen LogP contribution in [0, 0.1) is 5.82 Å². The maximum atomic E-state index is 13.0. The number of carboxylic acid groups (broad SMARTS) is 1. The van der Waals surface area contributed by atoms with E-state index in [0.29, 0.717) is 5.69 Å². The highest BCUT2D eigenvalue weighted by atomic mass is 19.1. The van der Waals surface area contributed by atoms with E-state index in [1.54, 1.807) is 6.07 Å². The Bertz CT molecular complexity index is 611. The predicted molar refractivity (Wildman–Crippen MR) is 64.3 cm³/mol. The van der Waals surface area contributed by atoms with Gasteiger partial charge in [0.1, 0.15) is 5.82 Å². The molecule has 2 aromatic rings. The van der Waals surface area contributed by atoms with Crippen LogP contribution in [0.4, 0.5) is 10.1 Å². The van der Waals surface area contributed by atoms with Gasteiger partial charge < -0.3 is 10.4 Å². The molecule has 0 aliphatic heterocycles. The number of benzene rings is 1. The second kappa shape index (κ2) is 5.30. The van der Waals surface area contributed by atoms with Gasteiger partial charge in [0, 0.05) is 11.9 Å². The third-order valence-electron chi connectivity index (χ3n) is 2.40. The Labute approximate surface area is 107 Å². The Morgan fingerprint density at radius 2 is 2.16 bits per heavy atom. The Balaban J connectivity index is 2.14. The topological polar surface area (TPSA) is 95.1 Å². The number of nitrogens with one attached hydrogen (secondary N) is 2. The smallest absolute Gasteiger partial charge is 0.337 e. The number of H-pyrrole nitrogens is 1. The van der Waals surface area contributed by atoms with Crippen LogP contribution in [0.1, 0.15) is 16.1 Å². The maximum absolute atomic E-state index is 13.0. The highest BCUT2D eigenvalue weighted by Gasteiger charge is 2.14. The zero-order chi connectivity index (χ0) is 13.8. The lowest BCUT2D eigenvalue weighted by Crippen LogP contribution is -2.17. The first-order valence-corrected chi connectivity index (χ1v) is 5.37. The van der Waals surface area contributed by atoms with E-state index < -0.39 is 17.7 Å². The molecule has 0 fully saturated rings. The summed E-state index contributed by atoms with van der Waals surface area (Å²) in [6, 6.07) is 4.78. The minimum absolute atomic E-state index is 0.0242. The second-order valence-electron chi connectivity index (χ2n) is 3.80. The molecule has 6 nitrogen and oxygen atoms in total. The number of aromatic amines is 1. The van der Waals surface area contributed by atoms with Crippen LogP contribution in [0.2, 0.25) is 0 Å². The number of amides is 1. The van der Waals surface area contributed by atoms with Gasteiger partial charge in [-0.05, 0) is 24.3 Å². The van der Waals surface area contributed by atoms with E-state index in [4.69, 9.17) is 5.11 Å². The largest absolute Gasteiger partial charge is 0.478 e. The van der Waals surface area contributed by atoms with Gasteiger partial charge >= 0.3 is 5.97 Å². The summed E-state index contributed by atoms with van der Waals surface area (Å²) in [6.45, 7) is 0. The fourth-order valence-corrected chi connectivity index (χ4v) is 1.55. The Morgan fingerprint density at radius 3 is 2.79 bits per heavy atom. The van der Waals surface area contributed by atoms with Crippen LogP contribution in [-0.2, 0) is 11.2 Å². The molecule has 1 heterocycles. The summed E-state index contributed by atoms with van der Waals surface area (Å²) in [5.41, 5.74) is 0.355. The van der Waals surface area contributed by atoms with Crippen LogP contribution >= 0.6 is 0 Å². The number of aromatic carboxylic acids is 1. The lowest BCUT2D eigenvalue weighted by molar-refractivity contribution is -0.115. The molecular formula is C12H10FN3O3. The van der Waals surface area contributed by atoms with E-state index >= 15 is 0 Å². The number of rotatable bonds is 4. The first-order valence-electron chi connectivity index (χ1n) is 5.37. The van der Waals surface area contributed by atoms with Gasteiger partial charge in [-0.25, -0.2) is 9.18 Å². The van der Waals surface area contributed by atoms with Crippen molar-refractivity contribution in [2.24, 2.45) is 0 Å². The molecule has 1 aromatic carbocycles. The second-order valence-corrected chi connectivity index (χ2v) is 3.80. The lowest BCUT2D eigenvalue weighted by atomic mass is 10.1. The first kappa shape index (κ1) is 12.7. The summed E-state index contributed by atoms with van der Waals surface area (Å²) in [7, 11) is 0. The van der Waals surface area contributed by atoms with Crippen molar-refractivity contribution in [1.29, 1.82) is 0 Å². The summed E-state index contributed by atoms with van der Waals surface area (Å²) in [5, 5.41) is 17.7. The number of nitrogens with zero attached hydrogens (tertiary/aromatic N) is 1. The molecule has 7 heteroatoms. The molecule has 0 saturated heterocycles. The molecule has 0 aliphatic carbocycles. The molecule has 19 heavy (non-hydrogen) atoms. The number of aromatic nitrogens is 2. The molecule has 1 aromatic heterocycles. The SMILES string of the molecule is O=C(Cc1ccn[nH]1)Nc1ccc(F)cc1C(=O)O. The Kier molecular flexibility index (Phi) is 3.56. The Morgan fingerprint density at radius 1 is 1.37 bits per heavy atom. The minimum Gasteiger partial charge on any atom is -0.478 e. The first-order chi connectivity index (χ1) is 9.06. The molecule has 3 N–H and O–H groups in total. The summed E-state index contributed by atoms with van der Waals surface area (Å²) in [5.74, 6) is -2.40. The van der Waals surface area contributed by atoms with Gasteiger partial charge in [0.05, 0.1) is 17.7 Å². The number of halogens is 1. The third-order valence-corrected chi connectivity index (χ3v) is 2.40. The van der Waals surface area contributed by atoms with Crippen LogP contribution in [0.5, 0.6) is 0 Å². The normalized spacial score (nSPS) is 10.2. The summed E-state index contributed by atoms with van der Waals surface area (Å²) >= 11 is 0. The van der Waals surface area contributed by atoms with E-state index in [9.17, 15) is 14.0 Å². The van der Waals surface area contributed by atoms with Gasteiger partial charge in [-0.3, -0.25) is 9.89 Å². The molecule has 2 rings (SSSR count). The molecule has 0 radical (unpaired) electrons. The number of carbonyl (C=O) groups excluding carboxylic acids is 1. The molecule has 0 bridgehead atoms. The number of hydrogen-bond acceptors (Lipinski definition) is 3. The number of carbonyl (C=O) groups is 2. The molecular weight excluding hydrogens is 253 g/mol. The van der Waals surface area contributed by atoms with Gasteiger partial charge in [0.25, 0.3) is 0 Å². The fourth-order valence-electron chi connectivity index (χ4n) is 1.55. The summed E-state index contributed by atoms with van der Waals surface area (Å²) in [6.07, 6.45) is 1.53. The average molecular weight is 263 g/mol. The summed E-state index contributed by atoms with van der Waals surface area (Å²) in [4.78, 5) is 22.6. The molecule has 1 amide bonds. The van der Waals surface area contributed by atoms with Crippen LogP contribution in [0.25, 0.3) is 0 Å². The number of anilines is 1. The van der Waals surface area contributed by atoms with Crippen molar-refractivity contribution in [1.82, 2.24) is 10.2 Å². The van der Waals surface area contributed by atoms with Crippen molar-refractivity contribution in [3.8, 4) is 0 Å². The number of hydrogen-bond donors (Lipinski definition) is 3. The third kappa shape index (κ3) is 3.15. The van der Waals surface area contributed by atoms with E-state index in [1.165, 1.54) is 12.3 Å². The van der Waals surface area contributed by atoms with E-state index in [1.807, 2.05) is 0 Å². The molecule has 98 valence electrons. The zero-order valence-electron chi connectivity index (χ0n) is 9.68. The van der Waals surface area contributed by atoms with Gasteiger partial charge in [0.2, 0.25) is 5.91 Å². The van der Waals surface area contributed by atoms with Crippen molar-refractivity contribution in [3.05, 3.63) is 47.5 Å². The van der Waals surface area contributed by atoms with Crippen molar-refractivity contribution in [3.63, 3.8) is 0 Å². The quantitative estimate of drug-likeness (QED) is 0.777. The zero-order valence-corrected chi connectivity index (χ0v) is 9.68. The standard InChI is InChI=1S/C12H10FN3O3/c13-7-1-2-10(9(5-7)12(18)19)15-11(17)6-8-3-4-14-16-8/h1-5H,6H2,(H,14,16)(H,15,17)(H,18,19). The minimum atomic E-state index is -1.31. The maximum Gasteiger partial charge on any atom is 0.337 e. The Hall–Kier alpha value is -2.70. The molecule has 0 saturated carbocycles. The van der Waals surface area contributed by atoms with Crippen molar-refractivity contribution >= 4 is 17.6 Å². The van der Waals surface area contributed by atoms with Gasteiger partial charge in [-0.15, -0.1) is 0 Å². The molecule has 0 aliphatic rings. The molecule has 0 atom stereocenters. The summed E-state index contributed by atoms with van der Waals surface area (Å²) < 4.78 is 13.0. The molecule has 0 unspecified atom stereocenters. The van der Waals surface area contributed by atoms with E-state index in [-0.39, 0.29) is 17.7 Å². The van der Waals surface area contributed by atoms with Gasteiger partial charge in [-0.2, -0.15) is 5.10 Å². The lowest BCUT2D eigenvalue weighted by Gasteiger charge is -2.07. The van der Waals surface area contributed by atoms with Gasteiger partial charge in [0.15, 0.2) is 0 Å². The van der Waals surface area contributed by atoms with Crippen LogP contribution < -0.4 is 5.32 Å². The fraction of sp³-hybridized carbons (Fsp3) is 0.0833. The van der Waals surface area contributed by atoms with Crippen LogP contribution in [0.15, 0.2) is 30.5 Å². The van der Waals surface area contributed by atoms with Crippen LogP contribution in [0.3, 0.4) is 0 Å². The van der Waals surface area contributed by atoms with E-state index in [0.717, 1.165) is 12.1 Å². The van der Waals surface area contributed by atoms with Crippen molar-refractivity contribution < 1.29 is 19.1 Å². The van der Waals surface area contributed by atoms with Gasteiger partial charge in [-0.1, -0.05) is 0 Å². The highest BCUT2D eigenvalue weighted by Crippen LogP contribution is 2.17. The van der Waals surface area contributed by atoms with Crippen LogP contribution in [-0.4, -0.2) is 27.2 Å². The van der Waals surface area contributed by atoms with Crippen molar-refractivity contribution in [2.75, 3.05) is 5.32 Å². The molecule has 0 spiro atoms. The average Bonchev–Trinajstić information content (AvgIpc) is 2.83. The number of carboxylic acids is 1. The van der Waals surface area contributed by atoms with Crippen molar-refractivity contribution in [2.45, 2.75) is 6.42 Å². The highest BCUT2D eigenvalue weighted by molar-refractivity contribution is 6.00. The predicted octanol–water partition coefficient (Wildman–Crippen LogP) is 1.43. The van der Waals surface area contributed by atoms with E-state index in [2.05, 4.69) is 15.5 Å².